The second-order valence-electron chi connectivity index (χ2n) is 7.97. The molecule has 2 aliphatic rings. The molecule has 0 aliphatic carbocycles. The van der Waals surface area contributed by atoms with Crippen molar-refractivity contribution in [1.29, 1.82) is 0 Å². The third kappa shape index (κ3) is 4.77. The number of likely N-dealkylation sites (tertiary alicyclic amines) is 1. The van der Waals surface area contributed by atoms with Crippen LogP contribution < -0.4 is 5.32 Å². The third-order valence-electron chi connectivity index (χ3n) is 5.98. The van der Waals surface area contributed by atoms with Crippen molar-refractivity contribution in [2.45, 2.75) is 43.0 Å². The van der Waals surface area contributed by atoms with Crippen molar-refractivity contribution in [3.05, 3.63) is 52.2 Å². The Balaban J connectivity index is 1.41. The largest absolute Gasteiger partial charge is 0.350 e. The number of thiophene rings is 1. The number of nitrogens with zero attached hydrogens (tertiary/aromatic N) is 2. The Morgan fingerprint density at radius 3 is 2.27 bits per heavy atom. The van der Waals surface area contributed by atoms with Crippen molar-refractivity contribution in [2.24, 2.45) is 0 Å². The number of hydrogen-bond acceptors (Lipinski definition) is 5. The molecule has 0 bridgehead atoms. The fraction of sp³-hybridized carbons (Fsp3) is 0.500. The van der Waals surface area contributed by atoms with Gasteiger partial charge in [-0.2, -0.15) is 4.31 Å². The average molecular weight is 448 g/mol. The van der Waals surface area contributed by atoms with Crippen LogP contribution in [-0.4, -0.2) is 56.3 Å². The molecule has 8 heteroatoms. The van der Waals surface area contributed by atoms with Crippen LogP contribution in [0.1, 0.15) is 53.4 Å². The lowest BCUT2D eigenvalue weighted by Gasteiger charge is -2.27. The van der Waals surface area contributed by atoms with Crippen molar-refractivity contribution in [3.8, 4) is 0 Å². The SMILES string of the molecule is O=C(NCC(c1cccs1)N1CCCC1)c1ccc(S(=O)(=O)N2CCCCC2)cc1. The number of amides is 1. The van der Waals surface area contributed by atoms with Gasteiger partial charge in [-0.25, -0.2) is 8.42 Å². The molecule has 0 radical (unpaired) electrons. The van der Waals surface area contributed by atoms with Crippen LogP contribution in [0, 0.1) is 0 Å². The number of carbonyl (C=O) groups excluding carboxylic acids is 1. The van der Waals surface area contributed by atoms with Crippen LogP contribution >= 0.6 is 11.3 Å². The monoisotopic (exact) mass is 447 g/mol. The summed E-state index contributed by atoms with van der Waals surface area (Å²) >= 11 is 1.72. The summed E-state index contributed by atoms with van der Waals surface area (Å²) < 4.78 is 27.1. The maximum Gasteiger partial charge on any atom is 0.251 e. The van der Waals surface area contributed by atoms with E-state index in [2.05, 4.69) is 21.7 Å². The molecule has 0 saturated carbocycles. The van der Waals surface area contributed by atoms with Gasteiger partial charge in [0.2, 0.25) is 10.0 Å². The molecule has 1 atom stereocenters. The molecule has 1 aromatic heterocycles. The molecule has 2 aromatic rings. The first-order valence-electron chi connectivity index (χ1n) is 10.7. The quantitative estimate of drug-likeness (QED) is 0.705. The molecule has 6 nitrogen and oxygen atoms in total. The first-order valence-corrected chi connectivity index (χ1v) is 13.0. The highest BCUT2D eigenvalue weighted by Crippen LogP contribution is 2.28. The van der Waals surface area contributed by atoms with Gasteiger partial charge in [0.25, 0.3) is 5.91 Å². The number of nitrogens with one attached hydrogen (secondary N) is 1. The van der Waals surface area contributed by atoms with E-state index in [-0.39, 0.29) is 16.8 Å². The zero-order chi connectivity index (χ0) is 21.0. The fourth-order valence-corrected chi connectivity index (χ4v) is 6.65. The van der Waals surface area contributed by atoms with E-state index in [1.165, 1.54) is 17.7 Å². The fourth-order valence-electron chi connectivity index (χ4n) is 4.27. The van der Waals surface area contributed by atoms with E-state index >= 15 is 0 Å². The van der Waals surface area contributed by atoms with Crippen LogP contribution in [0.4, 0.5) is 0 Å². The van der Waals surface area contributed by atoms with Crippen LogP contribution in [0.2, 0.25) is 0 Å². The lowest BCUT2D eigenvalue weighted by atomic mass is 10.2. The van der Waals surface area contributed by atoms with Gasteiger partial charge in [-0.3, -0.25) is 9.69 Å². The minimum absolute atomic E-state index is 0.169. The van der Waals surface area contributed by atoms with E-state index in [1.54, 1.807) is 39.9 Å². The maximum absolute atomic E-state index is 12.8. The second kappa shape index (κ2) is 9.60. The van der Waals surface area contributed by atoms with E-state index < -0.39 is 10.0 Å². The van der Waals surface area contributed by atoms with Crippen LogP contribution in [0.5, 0.6) is 0 Å². The summed E-state index contributed by atoms with van der Waals surface area (Å²) in [4.78, 5) is 16.7. The Labute approximate surface area is 182 Å². The number of carbonyl (C=O) groups is 1. The predicted molar refractivity (Wildman–Crippen MR) is 119 cm³/mol. The zero-order valence-electron chi connectivity index (χ0n) is 17.1. The molecule has 162 valence electrons. The van der Waals surface area contributed by atoms with Gasteiger partial charge in [0.15, 0.2) is 0 Å². The number of sulfonamides is 1. The lowest BCUT2D eigenvalue weighted by molar-refractivity contribution is 0.0938. The summed E-state index contributed by atoms with van der Waals surface area (Å²) in [5, 5.41) is 5.12. The number of benzene rings is 1. The molecular formula is C22H29N3O3S2. The highest BCUT2D eigenvalue weighted by Gasteiger charge is 2.27. The molecule has 1 unspecified atom stereocenters. The van der Waals surface area contributed by atoms with Crippen LogP contribution in [0.3, 0.4) is 0 Å². The van der Waals surface area contributed by atoms with Gasteiger partial charge in [0, 0.05) is 30.1 Å². The molecule has 1 N–H and O–H groups in total. The Hall–Kier alpha value is -1.74. The molecule has 1 aromatic carbocycles. The molecule has 0 spiro atoms. The van der Waals surface area contributed by atoms with Gasteiger partial charge in [0.1, 0.15) is 0 Å². The number of hydrogen-bond donors (Lipinski definition) is 1. The van der Waals surface area contributed by atoms with Crippen molar-refractivity contribution >= 4 is 27.3 Å². The summed E-state index contributed by atoms with van der Waals surface area (Å²) in [5.41, 5.74) is 0.485. The van der Waals surface area contributed by atoms with Crippen LogP contribution in [0.15, 0.2) is 46.7 Å². The van der Waals surface area contributed by atoms with Crippen LogP contribution in [-0.2, 0) is 10.0 Å². The minimum Gasteiger partial charge on any atom is -0.350 e. The highest BCUT2D eigenvalue weighted by molar-refractivity contribution is 7.89. The molecule has 2 saturated heterocycles. The average Bonchev–Trinajstić information content (AvgIpc) is 3.50. The van der Waals surface area contributed by atoms with E-state index in [4.69, 9.17) is 0 Å². The smallest absolute Gasteiger partial charge is 0.251 e. The van der Waals surface area contributed by atoms with Gasteiger partial charge in [0.05, 0.1) is 10.9 Å². The standard InChI is InChI=1S/C22H29N3O3S2/c26-22(23-17-20(21-7-6-16-29-21)24-12-4-5-13-24)18-8-10-19(11-9-18)30(27,28)25-14-2-1-3-15-25/h6-11,16,20H,1-5,12-15,17H2,(H,23,26). The Kier molecular flexibility index (Phi) is 6.87. The van der Waals surface area contributed by atoms with E-state index in [9.17, 15) is 13.2 Å². The normalized spacial score (nSPS) is 19.6. The van der Waals surface area contributed by atoms with Crippen LogP contribution in [0.25, 0.3) is 0 Å². The van der Waals surface area contributed by atoms with Gasteiger partial charge in [-0.05, 0) is 74.5 Å². The minimum atomic E-state index is -3.47. The Morgan fingerprint density at radius 2 is 1.63 bits per heavy atom. The summed E-state index contributed by atoms with van der Waals surface area (Å²) in [6.07, 6.45) is 5.28. The number of piperidine rings is 1. The van der Waals surface area contributed by atoms with E-state index in [0.717, 1.165) is 32.4 Å². The van der Waals surface area contributed by atoms with Gasteiger partial charge in [-0.1, -0.05) is 12.5 Å². The summed E-state index contributed by atoms with van der Waals surface area (Å²) in [6.45, 7) is 3.81. The molecular weight excluding hydrogens is 418 g/mol. The Morgan fingerprint density at radius 1 is 0.967 bits per heavy atom. The lowest BCUT2D eigenvalue weighted by Crippen LogP contribution is -2.36. The maximum atomic E-state index is 12.8. The first kappa shape index (κ1) is 21.5. The molecule has 4 rings (SSSR count). The molecule has 1 amide bonds. The van der Waals surface area contributed by atoms with Crippen molar-refractivity contribution in [2.75, 3.05) is 32.7 Å². The predicted octanol–water partition coefficient (Wildman–Crippen LogP) is 3.49. The molecule has 30 heavy (non-hydrogen) atoms. The van der Waals surface area contributed by atoms with Gasteiger partial charge in [-0.15, -0.1) is 11.3 Å². The van der Waals surface area contributed by atoms with Crippen molar-refractivity contribution in [1.82, 2.24) is 14.5 Å². The molecule has 3 heterocycles. The number of rotatable bonds is 7. The van der Waals surface area contributed by atoms with Gasteiger partial charge < -0.3 is 5.32 Å². The molecule has 2 aliphatic heterocycles. The summed E-state index contributed by atoms with van der Waals surface area (Å²) in [5.74, 6) is -0.169. The summed E-state index contributed by atoms with van der Waals surface area (Å²) in [7, 11) is -3.47. The molecule has 2 fully saturated rings. The zero-order valence-corrected chi connectivity index (χ0v) is 18.8. The van der Waals surface area contributed by atoms with E-state index in [0.29, 0.717) is 25.2 Å². The van der Waals surface area contributed by atoms with Gasteiger partial charge >= 0.3 is 0 Å². The highest BCUT2D eigenvalue weighted by atomic mass is 32.2. The Bertz CT molecular complexity index is 931. The second-order valence-corrected chi connectivity index (χ2v) is 10.9. The first-order chi connectivity index (χ1) is 14.6. The summed E-state index contributed by atoms with van der Waals surface area (Å²) in [6, 6.07) is 10.7. The van der Waals surface area contributed by atoms with E-state index in [1.807, 2.05) is 6.07 Å². The topological polar surface area (TPSA) is 69.7 Å². The third-order valence-corrected chi connectivity index (χ3v) is 8.86. The van der Waals surface area contributed by atoms with Crippen molar-refractivity contribution in [3.63, 3.8) is 0 Å². The van der Waals surface area contributed by atoms with Crippen molar-refractivity contribution < 1.29 is 13.2 Å².